The molecule has 4 heteroatoms. The summed E-state index contributed by atoms with van der Waals surface area (Å²) in [6.45, 7) is 3.95. The van der Waals surface area contributed by atoms with Gasteiger partial charge in [-0.15, -0.1) is 0 Å². The third-order valence-corrected chi connectivity index (χ3v) is 3.39. The molecule has 0 aliphatic heterocycles. The molecule has 1 amide bonds. The Balaban J connectivity index is 2.06. The van der Waals surface area contributed by atoms with Gasteiger partial charge in [0.15, 0.2) is 0 Å². The lowest BCUT2D eigenvalue weighted by Crippen LogP contribution is -2.14. The van der Waals surface area contributed by atoms with Crippen molar-refractivity contribution in [3.8, 4) is 0 Å². The third-order valence-electron chi connectivity index (χ3n) is 3.39. The van der Waals surface area contributed by atoms with Crippen molar-refractivity contribution in [1.29, 1.82) is 0 Å². The second kappa shape index (κ2) is 5.26. The zero-order valence-corrected chi connectivity index (χ0v) is 11.0. The molecule has 0 heterocycles. The van der Waals surface area contributed by atoms with Crippen molar-refractivity contribution in [2.45, 2.75) is 20.3 Å². The minimum atomic E-state index is -0.973. The maximum atomic E-state index is 11.8. The fraction of sp³-hybridized carbons (Fsp3) is 0.333. The number of carboxylic acid groups (broad SMARTS) is 1. The van der Waals surface area contributed by atoms with Crippen LogP contribution in [-0.4, -0.2) is 17.0 Å². The number of carbonyl (C=O) groups is 2. The van der Waals surface area contributed by atoms with Crippen molar-refractivity contribution >= 4 is 23.6 Å². The first-order chi connectivity index (χ1) is 8.97. The van der Waals surface area contributed by atoms with Crippen molar-refractivity contribution in [3.05, 3.63) is 35.4 Å². The number of amides is 1. The largest absolute Gasteiger partial charge is 0.478 e. The van der Waals surface area contributed by atoms with Gasteiger partial charge in [0.2, 0.25) is 5.91 Å². The van der Waals surface area contributed by atoms with Crippen LogP contribution in [0.1, 0.15) is 24.5 Å². The summed E-state index contributed by atoms with van der Waals surface area (Å²) in [7, 11) is 0. The second-order valence-corrected chi connectivity index (χ2v) is 5.05. The van der Waals surface area contributed by atoms with E-state index in [0.29, 0.717) is 5.92 Å². The smallest absolute Gasteiger partial charge is 0.328 e. The molecule has 19 heavy (non-hydrogen) atoms. The Bertz CT molecular complexity index is 548. The fourth-order valence-electron chi connectivity index (χ4n) is 2.02. The third kappa shape index (κ3) is 3.44. The number of rotatable bonds is 4. The molecule has 1 fully saturated rings. The van der Waals surface area contributed by atoms with E-state index in [0.717, 1.165) is 29.3 Å². The number of carbonyl (C=O) groups excluding carboxylic acids is 1. The number of hydrogen-bond acceptors (Lipinski definition) is 2. The molecule has 1 aliphatic carbocycles. The SMILES string of the molecule is Cc1cc(NC(=O)C2CC2C)ccc1C=CC(=O)O. The molecular formula is C15H17NO3. The van der Waals surface area contributed by atoms with E-state index in [2.05, 4.69) is 12.2 Å². The summed E-state index contributed by atoms with van der Waals surface area (Å²) in [5.41, 5.74) is 2.52. The Morgan fingerprint density at radius 3 is 2.63 bits per heavy atom. The first-order valence-electron chi connectivity index (χ1n) is 6.30. The summed E-state index contributed by atoms with van der Waals surface area (Å²) in [6, 6.07) is 5.45. The average molecular weight is 259 g/mol. The maximum absolute atomic E-state index is 11.8. The van der Waals surface area contributed by atoms with Crippen molar-refractivity contribution in [3.63, 3.8) is 0 Å². The first-order valence-corrected chi connectivity index (χ1v) is 6.30. The molecule has 100 valence electrons. The molecular weight excluding hydrogens is 242 g/mol. The topological polar surface area (TPSA) is 66.4 Å². The lowest BCUT2D eigenvalue weighted by molar-refractivity contribution is -0.131. The van der Waals surface area contributed by atoms with Gasteiger partial charge in [-0.05, 0) is 48.6 Å². The highest BCUT2D eigenvalue weighted by atomic mass is 16.4. The Morgan fingerprint density at radius 1 is 1.42 bits per heavy atom. The molecule has 0 aromatic heterocycles. The Labute approximate surface area is 112 Å². The standard InChI is InChI=1S/C15H17NO3/c1-9-7-12(16-15(19)13-8-10(13)2)5-3-11(9)4-6-14(17)18/h3-7,10,13H,8H2,1-2H3,(H,16,19)(H,17,18). The highest BCUT2D eigenvalue weighted by Crippen LogP contribution is 2.38. The molecule has 1 aromatic carbocycles. The van der Waals surface area contributed by atoms with Crippen LogP contribution in [0.3, 0.4) is 0 Å². The van der Waals surface area contributed by atoms with E-state index in [9.17, 15) is 9.59 Å². The van der Waals surface area contributed by atoms with Crippen molar-refractivity contribution in [1.82, 2.24) is 0 Å². The molecule has 2 atom stereocenters. The quantitative estimate of drug-likeness (QED) is 0.817. The van der Waals surface area contributed by atoms with Gasteiger partial charge in [-0.2, -0.15) is 0 Å². The van der Waals surface area contributed by atoms with Gasteiger partial charge in [0.05, 0.1) is 0 Å². The monoisotopic (exact) mass is 259 g/mol. The van der Waals surface area contributed by atoms with Crippen LogP contribution in [0.25, 0.3) is 6.08 Å². The molecule has 0 saturated heterocycles. The number of anilines is 1. The van der Waals surface area contributed by atoms with Gasteiger partial charge in [-0.25, -0.2) is 4.79 Å². The number of nitrogens with one attached hydrogen (secondary N) is 1. The van der Waals surface area contributed by atoms with Crippen molar-refractivity contribution in [2.24, 2.45) is 11.8 Å². The number of hydrogen-bond donors (Lipinski definition) is 2. The van der Waals surface area contributed by atoms with E-state index in [1.165, 1.54) is 0 Å². The van der Waals surface area contributed by atoms with Gasteiger partial charge in [-0.1, -0.05) is 13.0 Å². The maximum Gasteiger partial charge on any atom is 0.328 e. The molecule has 0 spiro atoms. The zero-order chi connectivity index (χ0) is 14.0. The van der Waals surface area contributed by atoms with Crippen LogP contribution in [0.5, 0.6) is 0 Å². The lowest BCUT2D eigenvalue weighted by atomic mass is 10.1. The zero-order valence-electron chi connectivity index (χ0n) is 11.0. The van der Waals surface area contributed by atoms with Crippen molar-refractivity contribution in [2.75, 3.05) is 5.32 Å². The minimum absolute atomic E-state index is 0.0701. The number of carboxylic acids is 1. The van der Waals surface area contributed by atoms with E-state index in [-0.39, 0.29) is 11.8 Å². The van der Waals surface area contributed by atoms with Crippen LogP contribution in [0, 0.1) is 18.8 Å². The van der Waals surface area contributed by atoms with Crippen LogP contribution < -0.4 is 5.32 Å². The van der Waals surface area contributed by atoms with Gasteiger partial charge < -0.3 is 10.4 Å². The van der Waals surface area contributed by atoms with Gasteiger partial charge in [0.25, 0.3) is 0 Å². The van der Waals surface area contributed by atoms with Crippen LogP contribution in [0.15, 0.2) is 24.3 Å². The first kappa shape index (κ1) is 13.3. The van der Waals surface area contributed by atoms with Gasteiger partial charge in [0, 0.05) is 17.7 Å². The summed E-state index contributed by atoms with van der Waals surface area (Å²) in [6.07, 6.45) is 3.61. The Morgan fingerprint density at radius 2 is 2.11 bits per heavy atom. The normalized spacial score (nSPS) is 21.4. The Hall–Kier alpha value is -2.10. The predicted molar refractivity (Wildman–Crippen MR) is 73.7 cm³/mol. The number of aliphatic carboxylic acids is 1. The average Bonchev–Trinajstić information content (AvgIpc) is 3.05. The summed E-state index contributed by atoms with van der Waals surface area (Å²) < 4.78 is 0. The molecule has 2 unspecified atom stereocenters. The van der Waals surface area contributed by atoms with E-state index in [1.54, 1.807) is 18.2 Å². The number of aryl methyl sites for hydroxylation is 1. The van der Waals surface area contributed by atoms with Gasteiger partial charge >= 0.3 is 5.97 Å². The van der Waals surface area contributed by atoms with E-state index >= 15 is 0 Å². The Kier molecular flexibility index (Phi) is 3.69. The molecule has 1 aliphatic rings. The van der Waals surface area contributed by atoms with Crippen LogP contribution in [0.4, 0.5) is 5.69 Å². The molecule has 0 bridgehead atoms. The summed E-state index contributed by atoms with van der Waals surface area (Å²) in [5.74, 6) is -0.272. The van der Waals surface area contributed by atoms with Gasteiger partial charge in [-0.3, -0.25) is 4.79 Å². The summed E-state index contributed by atoms with van der Waals surface area (Å²) in [4.78, 5) is 22.3. The highest BCUT2D eigenvalue weighted by Gasteiger charge is 2.39. The minimum Gasteiger partial charge on any atom is -0.478 e. The molecule has 2 rings (SSSR count). The van der Waals surface area contributed by atoms with Crippen molar-refractivity contribution < 1.29 is 14.7 Å². The number of benzene rings is 1. The summed E-state index contributed by atoms with van der Waals surface area (Å²) in [5, 5.41) is 11.5. The van der Waals surface area contributed by atoms with E-state index < -0.39 is 5.97 Å². The van der Waals surface area contributed by atoms with Gasteiger partial charge in [0.1, 0.15) is 0 Å². The van der Waals surface area contributed by atoms with E-state index in [1.807, 2.05) is 13.0 Å². The molecule has 4 nitrogen and oxygen atoms in total. The highest BCUT2D eigenvalue weighted by molar-refractivity contribution is 5.94. The van der Waals surface area contributed by atoms with Crippen LogP contribution in [-0.2, 0) is 9.59 Å². The molecule has 1 saturated carbocycles. The fourth-order valence-corrected chi connectivity index (χ4v) is 2.02. The van der Waals surface area contributed by atoms with E-state index in [4.69, 9.17) is 5.11 Å². The molecule has 2 N–H and O–H groups in total. The van der Waals surface area contributed by atoms with Crippen LogP contribution in [0.2, 0.25) is 0 Å². The van der Waals surface area contributed by atoms with Crippen LogP contribution >= 0.6 is 0 Å². The molecule has 1 aromatic rings. The second-order valence-electron chi connectivity index (χ2n) is 5.05. The predicted octanol–water partition coefficient (Wildman–Crippen LogP) is 2.69. The molecule has 0 radical (unpaired) electrons. The summed E-state index contributed by atoms with van der Waals surface area (Å²) >= 11 is 0. The lowest BCUT2D eigenvalue weighted by Gasteiger charge is -2.07.